The topological polar surface area (TPSA) is 58.6 Å². The van der Waals surface area contributed by atoms with Gasteiger partial charge >= 0.3 is 0 Å². The Morgan fingerprint density at radius 2 is 2.17 bits per heavy atom. The zero-order valence-corrected chi connectivity index (χ0v) is 7.20. The van der Waals surface area contributed by atoms with Gasteiger partial charge in [-0.25, -0.2) is 0 Å². The van der Waals surface area contributed by atoms with Crippen molar-refractivity contribution in [1.29, 1.82) is 0 Å². The number of rotatable bonds is 1. The van der Waals surface area contributed by atoms with Gasteiger partial charge in [0.25, 0.3) is 0 Å². The van der Waals surface area contributed by atoms with Crippen molar-refractivity contribution < 1.29 is 5.11 Å². The maximum absolute atomic E-state index is 9.23. The van der Waals surface area contributed by atoms with Crippen LogP contribution in [-0.2, 0) is 0 Å². The minimum absolute atomic E-state index is 0.295. The monoisotopic (exact) mass is 164 g/mol. The highest BCUT2D eigenvalue weighted by Crippen LogP contribution is 2.17. The number of nitrogens with zero attached hydrogens (tertiary/aromatic N) is 1. The highest BCUT2D eigenvalue weighted by atomic mass is 16.3. The fourth-order valence-electron chi connectivity index (χ4n) is 0.955. The minimum Gasteiger partial charge on any atom is -0.508 e. The Hall–Kier alpha value is -1.51. The van der Waals surface area contributed by atoms with Crippen LogP contribution in [0.15, 0.2) is 23.3 Å². The Balaban J connectivity index is 3.13. The first-order valence-corrected chi connectivity index (χ1v) is 3.69. The van der Waals surface area contributed by atoms with Gasteiger partial charge in [-0.05, 0) is 43.2 Å². The lowest BCUT2D eigenvalue weighted by Gasteiger charge is -2.02. The van der Waals surface area contributed by atoms with Crippen molar-refractivity contribution in [2.45, 2.75) is 13.8 Å². The SMILES string of the molecule is C/C(=N/N)c1ccc(O)c(C)c1. The molecule has 0 aliphatic heterocycles. The summed E-state index contributed by atoms with van der Waals surface area (Å²) in [5, 5.41) is 12.8. The molecule has 0 bridgehead atoms. The van der Waals surface area contributed by atoms with E-state index in [0.29, 0.717) is 5.75 Å². The van der Waals surface area contributed by atoms with E-state index in [0.717, 1.165) is 16.8 Å². The van der Waals surface area contributed by atoms with E-state index in [9.17, 15) is 5.11 Å². The van der Waals surface area contributed by atoms with Crippen molar-refractivity contribution in [3.8, 4) is 5.75 Å². The molecule has 0 unspecified atom stereocenters. The Labute approximate surface area is 71.5 Å². The summed E-state index contributed by atoms with van der Waals surface area (Å²) in [7, 11) is 0. The van der Waals surface area contributed by atoms with Gasteiger partial charge in [0.2, 0.25) is 0 Å². The highest BCUT2D eigenvalue weighted by molar-refractivity contribution is 5.98. The number of nitrogens with two attached hydrogens (primary N) is 1. The van der Waals surface area contributed by atoms with E-state index < -0.39 is 0 Å². The highest BCUT2D eigenvalue weighted by Gasteiger charge is 1.99. The maximum atomic E-state index is 9.23. The Bertz CT molecular complexity index is 318. The molecule has 0 aromatic heterocycles. The van der Waals surface area contributed by atoms with Gasteiger partial charge < -0.3 is 10.9 Å². The number of hydrogen-bond donors (Lipinski definition) is 2. The van der Waals surface area contributed by atoms with E-state index in [4.69, 9.17) is 5.84 Å². The zero-order valence-electron chi connectivity index (χ0n) is 7.20. The van der Waals surface area contributed by atoms with Crippen LogP contribution in [0, 0.1) is 6.92 Å². The predicted octanol–water partition coefficient (Wildman–Crippen LogP) is 1.38. The van der Waals surface area contributed by atoms with Gasteiger partial charge in [0.05, 0.1) is 5.71 Å². The van der Waals surface area contributed by atoms with Crippen molar-refractivity contribution in [3.63, 3.8) is 0 Å². The molecule has 12 heavy (non-hydrogen) atoms. The standard InChI is InChI=1S/C9H12N2O/c1-6-5-8(7(2)11-10)3-4-9(6)12/h3-5,12H,10H2,1-2H3/b11-7-. The molecule has 64 valence electrons. The van der Waals surface area contributed by atoms with Crippen LogP contribution in [0.2, 0.25) is 0 Å². The van der Waals surface area contributed by atoms with E-state index in [2.05, 4.69) is 5.10 Å². The molecule has 3 N–H and O–H groups in total. The summed E-state index contributed by atoms with van der Waals surface area (Å²) in [6, 6.07) is 5.27. The van der Waals surface area contributed by atoms with Crippen molar-refractivity contribution in [2.75, 3.05) is 0 Å². The van der Waals surface area contributed by atoms with Crippen LogP contribution in [0.3, 0.4) is 0 Å². The second-order valence-corrected chi connectivity index (χ2v) is 2.72. The number of phenolic OH excluding ortho intramolecular Hbond substituents is 1. The summed E-state index contributed by atoms with van der Waals surface area (Å²) >= 11 is 0. The average Bonchev–Trinajstić information content (AvgIpc) is 2.08. The lowest BCUT2D eigenvalue weighted by atomic mass is 10.1. The molecular weight excluding hydrogens is 152 g/mol. The Morgan fingerprint density at radius 3 is 2.67 bits per heavy atom. The first-order valence-electron chi connectivity index (χ1n) is 3.69. The molecule has 3 nitrogen and oxygen atoms in total. The lowest BCUT2D eigenvalue weighted by molar-refractivity contribution is 0.471. The molecule has 0 heterocycles. The van der Waals surface area contributed by atoms with Gasteiger partial charge in [-0.2, -0.15) is 5.10 Å². The maximum Gasteiger partial charge on any atom is 0.118 e. The van der Waals surface area contributed by atoms with Crippen molar-refractivity contribution >= 4 is 5.71 Å². The normalized spacial score (nSPS) is 11.7. The second kappa shape index (κ2) is 3.26. The van der Waals surface area contributed by atoms with Gasteiger partial charge in [0, 0.05) is 0 Å². The summed E-state index contributed by atoms with van der Waals surface area (Å²) in [6.07, 6.45) is 0. The largest absolute Gasteiger partial charge is 0.508 e. The fraction of sp³-hybridized carbons (Fsp3) is 0.222. The third kappa shape index (κ3) is 1.56. The van der Waals surface area contributed by atoms with E-state index in [1.807, 2.05) is 19.9 Å². The van der Waals surface area contributed by atoms with E-state index >= 15 is 0 Å². The third-order valence-electron chi connectivity index (χ3n) is 1.81. The molecule has 0 aliphatic rings. The van der Waals surface area contributed by atoms with Crippen LogP contribution in [0.5, 0.6) is 5.75 Å². The first kappa shape index (κ1) is 8.59. The van der Waals surface area contributed by atoms with E-state index in [1.54, 1.807) is 12.1 Å². The summed E-state index contributed by atoms with van der Waals surface area (Å²) < 4.78 is 0. The smallest absolute Gasteiger partial charge is 0.118 e. The molecule has 1 aromatic carbocycles. The molecule has 0 saturated heterocycles. The number of aryl methyl sites for hydroxylation is 1. The van der Waals surface area contributed by atoms with Crippen LogP contribution < -0.4 is 5.84 Å². The summed E-state index contributed by atoms with van der Waals surface area (Å²) in [6.45, 7) is 3.66. The fourth-order valence-corrected chi connectivity index (χ4v) is 0.955. The number of hydrogen-bond acceptors (Lipinski definition) is 3. The molecule has 0 aliphatic carbocycles. The molecule has 1 aromatic rings. The molecule has 3 heteroatoms. The predicted molar refractivity (Wildman–Crippen MR) is 49.2 cm³/mol. The van der Waals surface area contributed by atoms with Gasteiger partial charge in [-0.3, -0.25) is 0 Å². The van der Waals surface area contributed by atoms with E-state index in [1.165, 1.54) is 0 Å². The zero-order chi connectivity index (χ0) is 9.14. The molecular formula is C9H12N2O. The van der Waals surface area contributed by atoms with Crippen LogP contribution in [0.25, 0.3) is 0 Å². The Morgan fingerprint density at radius 1 is 1.50 bits per heavy atom. The van der Waals surface area contributed by atoms with E-state index in [-0.39, 0.29) is 0 Å². The number of hydrazone groups is 1. The molecule has 0 spiro atoms. The third-order valence-corrected chi connectivity index (χ3v) is 1.81. The number of phenols is 1. The van der Waals surface area contributed by atoms with Crippen molar-refractivity contribution in [2.24, 2.45) is 10.9 Å². The molecule has 0 fully saturated rings. The van der Waals surface area contributed by atoms with Crippen LogP contribution in [-0.4, -0.2) is 10.8 Å². The molecule has 1 rings (SSSR count). The van der Waals surface area contributed by atoms with Gasteiger partial charge in [-0.1, -0.05) is 0 Å². The number of benzene rings is 1. The second-order valence-electron chi connectivity index (χ2n) is 2.72. The van der Waals surface area contributed by atoms with Crippen molar-refractivity contribution in [1.82, 2.24) is 0 Å². The van der Waals surface area contributed by atoms with Gasteiger partial charge in [-0.15, -0.1) is 0 Å². The van der Waals surface area contributed by atoms with Crippen molar-refractivity contribution in [3.05, 3.63) is 29.3 Å². The summed E-state index contributed by atoms with van der Waals surface area (Å²) in [5.41, 5.74) is 2.53. The Kier molecular flexibility index (Phi) is 2.33. The quantitative estimate of drug-likeness (QED) is 0.374. The minimum atomic E-state index is 0.295. The van der Waals surface area contributed by atoms with Crippen LogP contribution in [0.1, 0.15) is 18.1 Å². The lowest BCUT2D eigenvalue weighted by Crippen LogP contribution is -1.98. The van der Waals surface area contributed by atoms with Crippen LogP contribution in [0.4, 0.5) is 0 Å². The summed E-state index contributed by atoms with van der Waals surface area (Å²) in [5.74, 6) is 5.41. The molecule has 0 radical (unpaired) electrons. The molecule has 0 amide bonds. The van der Waals surface area contributed by atoms with Gasteiger partial charge in [0.15, 0.2) is 0 Å². The van der Waals surface area contributed by atoms with Crippen LogP contribution >= 0.6 is 0 Å². The molecule has 0 saturated carbocycles. The average molecular weight is 164 g/mol. The van der Waals surface area contributed by atoms with Gasteiger partial charge in [0.1, 0.15) is 5.75 Å². The molecule has 0 atom stereocenters. The summed E-state index contributed by atoms with van der Waals surface area (Å²) in [4.78, 5) is 0. The number of aromatic hydroxyl groups is 1. The first-order chi connectivity index (χ1) is 5.65.